The van der Waals surface area contributed by atoms with Crippen LogP contribution in [0, 0.1) is 20.8 Å². The summed E-state index contributed by atoms with van der Waals surface area (Å²) in [5, 5.41) is 9.08. The van der Waals surface area contributed by atoms with Gasteiger partial charge < -0.3 is 9.21 Å². The number of halogens is 2. The molecule has 0 saturated carbocycles. The molecular formula is C65H46BF2N7OS2. The zero-order valence-corrected chi connectivity index (χ0v) is 44.5. The summed E-state index contributed by atoms with van der Waals surface area (Å²) in [4.78, 5) is 16.0. The molecule has 376 valence electrons. The fourth-order valence-corrected chi connectivity index (χ4v) is 12.5. The molecule has 13 rings (SSSR count). The predicted molar refractivity (Wildman–Crippen MR) is 320 cm³/mol. The molecule has 10 aromatic rings. The summed E-state index contributed by atoms with van der Waals surface area (Å²) in [6.07, 6.45) is 15.5. The average Bonchev–Trinajstić information content (AvgIpc) is 4.34. The molecule has 3 aliphatic heterocycles. The summed E-state index contributed by atoms with van der Waals surface area (Å²) >= 11 is 3.49. The van der Waals surface area contributed by atoms with Gasteiger partial charge in [-0.3, -0.25) is 8.63 Å². The Bertz CT molecular complexity index is 4290. The Morgan fingerprint density at radius 1 is 0.500 bits per heavy atom. The lowest BCUT2D eigenvalue weighted by Gasteiger charge is -2.13. The minimum Gasteiger partial charge on any atom is -0.497 e. The van der Waals surface area contributed by atoms with Crippen LogP contribution in [0.1, 0.15) is 50.7 Å². The van der Waals surface area contributed by atoms with E-state index in [2.05, 4.69) is 177 Å². The maximum Gasteiger partial charge on any atom is 0.677 e. The molecule has 8 heterocycles. The summed E-state index contributed by atoms with van der Waals surface area (Å²) < 4.78 is 40.9. The van der Waals surface area contributed by atoms with Gasteiger partial charge >= 0.3 is 7.40 Å². The SMILES string of the molecule is COc1ccc(/C(=C2\C=CC(n3cc(-c4ccc(-c5c6nc(c(-c7ccc(C)cc7)c7ccc(s7)c(-c7ccc(C)cc7)c7nc(c(-c8ccc(C)cc8)c8ccc5s8)C=C7)C=C6)cc4)nn3)=N2)c2cccn2B(F)F)cc1. The van der Waals surface area contributed by atoms with E-state index in [1.54, 1.807) is 58.7 Å². The molecule has 5 aromatic heterocycles. The third-order valence-corrected chi connectivity index (χ3v) is 16.5. The van der Waals surface area contributed by atoms with Crippen LogP contribution in [0.5, 0.6) is 5.75 Å². The van der Waals surface area contributed by atoms with Gasteiger partial charge in [0.05, 0.1) is 41.8 Å². The highest BCUT2D eigenvalue weighted by atomic mass is 32.1. The molecule has 0 unspecified atom stereocenters. The van der Waals surface area contributed by atoms with Crippen molar-refractivity contribution in [2.24, 2.45) is 4.99 Å². The van der Waals surface area contributed by atoms with Crippen molar-refractivity contribution in [2.45, 2.75) is 20.8 Å². The molecule has 0 aliphatic carbocycles. The van der Waals surface area contributed by atoms with Crippen molar-refractivity contribution >= 4 is 84.6 Å². The van der Waals surface area contributed by atoms with Crippen LogP contribution in [0.15, 0.2) is 193 Å². The molecule has 0 fully saturated rings. The monoisotopic (exact) mass is 1050 g/mol. The summed E-state index contributed by atoms with van der Waals surface area (Å²) in [5.74, 6) is 1.15. The van der Waals surface area contributed by atoms with Gasteiger partial charge in [-0.2, -0.15) is 0 Å². The van der Waals surface area contributed by atoms with Crippen LogP contribution in [0.2, 0.25) is 0 Å². The van der Waals surface area contributed by atoms with E-state index in [4.69, 9.17) is 19.7 Å². The Kier molecular flexibility index (Phi) is 12.5. The Morgan fingerprint density at radius 2 is 0.936 bits per heavy atom. The molecular weight excluding hydrogens is 1010 g/mol. The number of hydrogen-bond donors (Lipinski definition) is 0. The molecule has 0 atom stereocenters. The van der Waals surface area contributed by atoms with Crippen molar-refractivity contribution in [3.05, 3.63) is 239 Å². The smallest absolute Gasteiger partial charge is 0.497 e. The van der Waals surface area contributed by atoms with Crippen LogP contribution < -0.4 is 4.74 Å². The number of thiophene rings is 2. The fraction of sp³-hybridized carbons (Fsp3) is 0.0615. The summed E-state index contributed by atoms with van der Waals surface area (Å²) in [6, 6.07) is 54.0. The van der Waals surface area contributed by atoms with Gasteiger partial charge in [0.2, 0.25) is 0 Å². The zero-order chi connectivity index (χ0) is 53.0. The number of rotatable bonds is 9. The quantitative estimate of drug-likeness (QED) is 0.135. The predicted octanol–water partition coefficient (Wildman–Crippen LogP) is 16.8. The molecule has 78 heavy (non-hydrogen) atoms. The second kappa shape index (κ2) is 20.1. The maximum atomic E-state index is 14.3. The van der Waals surface area contributed by atoms with Gasteiger partial charge in [0.1, 0.15) is 11.4 Å². The summed E-state index contributed by atoms with van der Waals surface area (Å²) in [7, 11) is -1.15. The molecule has 13 heteroatoms. The number of aliphatic imine (C=N–C) groups is 1. The van der Waals surface area contributed by atoms with Gasteiger partial charge in [0, 0.05) is 57.9 Å². The maximum absolute atomic E-state index is 14.3. The van der Waals surface area contributed by atoms with Crippen molar-refractivity contribution in [1.82, 2.24) is 29.4 Å². The Labute approximate surface area is 457 Å². The molecule has 8 nitrogen and oxygen atoms in total. The Morgan fingerprint density at radius 3 is 1.37 bits per heavy atom. The first-order valence-electron chi connectivity index (χ1n) is 25.5. The number of fused-ring (bicyclic) bond motifs is 8. The molecule has 3 aliphatic rings. The largest absolute Gasteiger partial charge is 0.677 e. The summed E-state index contributed by atoms with van der Waals surface area (Å²) in [6.45, 7) is 6.35. The van der Waals surface area contributed by atoms with E-state index < -0.39 is 7.40 Å². The number of nitrogens with zero attached hydrogens (tertiary/aromatic N) is 7. The van der Waals surface area contributed by atoms with Crippen LogP contribution in [0.25, 0.3) is 104 Å². The van der Waals surface area contributed by atoms with E-state index in [1.165, 1.54) is 22.9 Å². The first-order valence-corrected chi connectivity index (χ1v) is 27.1. The topological polar surface area (TPSA) is 83.0 Å². The lowest BCUT2D eigenvalue weighted by molar-refractivity contribution is 0.415. The van der Waals surface area contributed by atoms with Crippen molar-refractivity contribution < 1.29 is 13.4 Å². The standard InChI is InChI=1S/C65H46BF2N7OS2/c1-39-7-13-44(14-8-39)62-50-27-28-51(69-50)63(45-15-9-40(2)10-16-45)58-34-35-59(78-58)65(53-30-29-52(70-53)64(57-33-32-56(62)77-57)46-17-11-41(3)12-18-46)47-21-19-42(20-22-47)54-38-75(73-72-54)60-36-31-49(71-60)61(43-23-25-48(76-4)26-24-43)55-6-5-37-74(55)66(67)68/h5-38H,1-4H3/b61-49-,62-50?,62-56?,63-51?,63-58?,64-52?,64-57?,65-53?,65-59?. The molecule has 0 amide bonds. The van der Waals surface area contributed by atoms with Gasteiger partial charge in [0.15, 0.2) is 5.84 Å². The second-order valence-electron chi connectivity index (χ2n) is 19.4. The number of methoxy groups -OCH3 is 1. The van der Waals surface area contributed by atoms with Crippen LogP contribution in [-0.4, -0.2) is 49.8 Å². The summed E-state index contributed by atoms with van der Waals surface area (Å²) in [5.41, 5.74) is 19.2. The van der Waals surface area contributed by atoms with Gasteiger partial charge in [0.25, 0.3) is 0 Å². The van der Waals surface area contributed by atoms with E-state index in [0.29, 0.717) is 39.8 Å². The molecule has 8 bridgehead atoms. The number of aryl methyl sites for hydroxylation is 3. The molecule has 0 spiro atoms. The van der Waals surface area contributed by atoms with Crippen molar-refractivity contribution in [3.8, 4) is 61.5 Å². The molecule has 0 N–H and O–H groups in total. The second-order valence-corrected chi connectivity index (χ2v) is 21.5. The highest BCUT2D eigenvalue weighted by Crippen LogP contribution is 2.44. The zero-order valence-electron chi connectivity index (χ0n) is 42.8. The third-order valence-electron chi connectivity index (χ3n) is 14.2. The molecule has 0 saturated heterocycles. The highest BCUT2D eigenvalue weighted by Gasteiger charge is 2.26. The minimum absolute atomic E-state index is 0.335. The molecule has 0 radical (unpaired) electrons. The Hall–Kier alpha value is -9.17. The number of aromatic nitrogens is 6. The van der Waals surface area contributed by atoms with E-state index in [0.717, 1.165) is 96.1 Å². The van der Waals surface area contributed by atoms with Gasteiger partial charge in [-0.1, -0.05) is 131 Å². The molecule has 5 aromatic carbocycles. The van der Waals surface area contributed by atoms with Crippen LogP contribution in [0.3, 0.4) is 0 Å². The van der Waals surface area contributed by atoms with Gasteiger partial charge in [-0.05, 0) is 140 Å². The van der Waals surface area contributed by atoms with E-state index in [1.807, 2.05) is 30.5 Å². The van der Waals surface area contributed by atoms with E-state index >= 15 is 0 Å². The average molecular weight is 1050 g/mol. The number of ether oxygens (including phenoxy) is 1. The fourth-order valence-electron chi connectivity index (χ4n) is 10.2. The van der Waals surface area contributed by atoms with Crippen molar-refractivity contribution in [3.63, 3.8) is 0 Å². The normalized spacial score (nSPS) is 13.3. The van der Waals surface area contributed by atoms with Crippen LogP contribution in [-0.2, 0) is 0 Å². The third kappa shape index (κ3) is 9.06. The highest BCUT2D eigenvalue weighted by molar-refractivity contribution is 7.24. The van der Waals surface area contributed by atoms with E-state index in [-0.39, 0.29) is 0 Å². The van der Waals surface area contributed by atoms with Crippen LogP contribution in [0.4, 0.5) is 8.63 Å². The number of hydrogen-bond acceptors (Lipinski definition) is 8. The first kappa shape index (κ1) is 48.5. The lowest BCUT2D eigenvalue weighted by Crippen LogP contribution is -2.15. The minimum atomic E-state index is -2.74. The van der Waals surface area contributed by atoms with Gasteiger partial charge in [-0.25, -0.2) is 19.6 Å². The van der Waals surface area contributed by atoms with Crippen LogP contribution >= 0.6 is 22.7 Å². The van der Waals surface area contributed by atoms with Gasteiger partial charge in [-0.15, -0.1) is 27.8 Å². The number of benzene rings is 5. The van der Waals surface area contributed by atoms with Crippen molar-refractivity contribution in [1.29, 1.82) is 0 Å². The van der Waals surface area contributed by atoms with Crippen molar-refractivity contribution in [2.75, 3.05) is 7.11 Å². The lowest BCUT2D eigenvalue weighted by atomic mass is 9.99. The Balaban J connectivity index is 0.962. The van der Waals surface area contributed by atoms with E-state index in [9.17, 15) is 8.63 Å². The first-order chi connectivity index (χ1) is 38.1. The number of allylic oxidation sites excluding steroid dienone is 2.